The standard InChI is InChI=1S/C15H14N4O/c1-20-11-4-2-3-10(7-11)15-18-13-5-6-17-9-12(13)14(8-16)19-15/h2-4,7,17H,5-6,9H2,1H3. The van der Waals surface area contributed by atoms with Gasteiger partial charge in [-0.2, -0.15) is 5.26 Å². The summed E-state index contributed by atoms with van der Waals surface area (Å²) in [6.07, 6.45) is 0.823. The predicted octanol–water partition coefficient (Wildman–Crippen LogP) is 1.67. The predicted molar refractivity (Wildman–Crippen MR) is 74.1 cm³/mol. The molecule has 5 nitrogen and oxygen atoms in total. The van der Waals surface area contributed by atoms with Crippen molar-refractivity contribution in [2.45, 2.75) is 13.0 Å². The van der Waals surface area contributed by atoms with Crippen LogP contribution in [0.5, 0.6) is 5.75 Å². The second-order valence-electron chi connectivity index (χ2n) is 4.59. The highest BCUT2D eigenvalue weighted by Gasteiger charge is 2.18. The van der Waals surface area contributed by atoms with Gasteiger partial charge in [-0.3, -0.25) is 0 Å². The molecule has 0 bridgehead atoms. The smallest absolute Gasteiger partial charge is 0.161 e. The third-order valence-electron chi connectivity index (χ3n) is 3.37. The van der Waals surface area contributed by atoms with Gasteiger partial charge in [0.15, 0.2) is 5.82 Å². The molecule has 0 saturated heterocycles. The molecule has 0 amide bonds. The Morgan fingerprint density at radius 1 is 1.35 bits per heavy atom. The molecule has 0 radical (unpaired) electrons. The van der Waals surface area contributed by atoms with Crippen molar-refractivity contribution in [3.05, 3.63) is 41.2 Å². The fourth-order valence-corrected chi connectivity index (χ4v) is 2.33. The summed E-state index contributed by atoms with van der Waals surface area (Å²) in [5, 5.41) is 12.5. The number of methoxy groups -OCH3 is 1. The van der Waals surface area contributed by atoms with Crippen molar-refractivity contribution >= 4 is 0 Å². The molecule has 1 N–H and O–H groups in total. The Labute approximate surface area is 117 Å². The van der Waals surface area contributed by atoms with E-state index in [0.29, 0.717) is 18.1 Å². The van der Waals surface area contributed by atoms with E-state index in [1.807, 2.05) is 24.3 Å². The van der Waals surface area contributed by atoms with Crippen molar-refractivity contribution < 1.29 is 4.74 Å². The second kappa shape index (κ2) is 5.27. The Morgan fingerprint density at radius 3 is 3.05 bits per heavy atom. The van der Waals surface area contributed by atoms with E-state index in [4.69, 9.17) is 4.74 Å². The van der Waals surface area contributed by atoms with Gasteiger partial charge >= 0.3 is 0 Å². The first-order chi connectivity index (χ1) is 9.81. The molecule has 0 atom stereocenters. The number of benzene rings is 1. The van der Waals surface area contributed by atoms with E-state index in [9.17, 15) is 5.26 Å². The summed E-state index contributed by atoms with van der Waals surface area (Å²) in [5.74, 6) is 1.34. The second-order valence-corrected chi connectivity index (χ2v) is 4.59. The fourth-order valence-electron chi connectivity index (χ4n) is 2.33. The lowest BCUT2D eigenvalue weighted by Gasteiger charge is -2.17. The van der Waals surface area contributed by atoms with Gasteiger partial charge in [-0.25, -0.2) is 9.97 Å². The van der Waals surface area contributed by atoms with Gasteiger partial charge in [-0.15, -0.1) is 0 Å². The number of nitrogens with zero attached hydrogens (tertiary/aromatic N) is 3. The highest BCUT2D eigenvalue weighted by atomic mass is 16.5. The summed E-state index contributed by atoms with van der Waals surface area (Å²) in [6.45, 7) is 1.54. The van der Waals surface area contributed by atoms with Crippen LogP contribution in [0, 0.1) is 11.3 Å². The molecule has 20 heavy (non-hydrogen) atoms. The number of nitriles is 1. The average molecular weight is 266 g/mol. The molecule has 0 saturated carbocycles. The first kappa shape index (κ1) is 12.6. The normalized spacial score (nSPS) is 13.4. The number of nitrogens with one attached hydrogen (secondary N) is 1. The van der Waals surface area contributed by atoms with Crippen molar-refractivity contribution in [1.82, 2.24) is 15.3 Å². The Balaban J connectivity index is 2.12. The van der Waals surface area contributed by atoms with Crippen molar-refractivity contribution in [2.75, 3.05) is 13.7 Å². The molecule has 0 unspecified atom stereocenters. The topological polar surface area (TPSA) is 70.8 Å². The number of fused-ring (bicyclic) bond motifs is 1. The summed E-state index contributed by atoms with van der Waals surface area (Å²) in [6, 6.07) is 9.74. The summed E-state index contributed by atoms with van der Waals surface area (Å²) < 4.78 is 5.21. The summed E-state index contributed by atoms with van der Waals surface area (Å²) in [7, 11) is 1.62. The number of ether oxygens (including phenoxy) is 1. The SMILES string of the molecule is COc1cccc(-c2nc(C#N)c3c(n2)CCNC3)c1. The van der Waals surface area contributed by atoms with Crippen LogP contribution in [0.25, 0.3) is 11.4 Å². The Kier molecular flexibility index (Phi) is 3.32. The maximum absolute atomic E-state index is 9.27. The highest BCUT2D eigenvalue weighted by Crippen LogP contribution is 2.24. The zero-order valence-corrected chi connectivity index (χ0v) is 11.2. The van der Waals surface area contributed by atoms with Gasteiger partial charge in [0.1, 0.15) is 17.5 Å². The van der Waals surface area contributed by atoms with Crippen molar-refractivity contribution in [1.29, 1.82) is 5.26 Å². The van der Waals surface area contributed by atoms with E-state index >= 15 is 0 Å². The minimum absolute atomic E-state index is 0.458. The molecule has 1 aromatic heterocycles. The molecule has 3 rings (SSSR count). The first-order valence-electron chi connectivity index (χ1n) is 6.47. The molecule has 1 aliphatic rings. The minimum atomic E-state index is 0.458. The molecule has 2 heterocycles. The van der Waals surface area contributed by atoms with Crippen LogP contribution in [-0.4, -0.2) is 23.6 Å². The maximum atomic E-state index is 9.27. The Bertz CT molecular complexity index is 691. The third-order valence-corrected chi connectivity index (χ3v) is 3.37. The number of aromatic nitrogens is 2. The number of hydrogen-bond donors (Lipinski definition) is 1. The van der Waals surface area contributed by atoms with E-state index in [1.54, 1.807) is 7.11 Å². The van der Waals surface area contributed by atoms with Gasteiger partial charge in [0, 0.05) is 30.6 Å². The van der Waals surface area contributed by atoms with Gasteiger partial charge < -0.3 is 10.1 Å². The lowest BCUT2D eigenvalue weighted by molar-refractivity contribution is 0.415. The quantitative estimate of drug-likeness (QED) is 0.895. The summed E-state index contributed by atoms with van der Waals surface area (Å²) in [4.78, 5) is 8.99. The first-order valence-corrected chi connectivity index (χ1v) is 6.47. The maximum Gasteiger partial charge on any atom is 0.161 e. The van der Waals surface area contributed by atoms with E-state index in [1.165, 1.54) is 0 Å². The van der Waals surface area contributed by atoms with E-state index in [0.717, 1.165) is 35.5 Å². The van der Waals surface area contributed by atoms with Crippen LogP contribution < -0.4 is 10.1 Å². The van der Waals surface area contributed by atoms with Gasteiger partial charge in [-0.05, 0) is 12.1 Å². The van der Waals surface area contributed by atoms with Crippen molar-refractivity contribution in [3.63, 3.8) is 0 Å². The lowest BCUT2D eigenvalue weighted by Crippen LogP contribution is -2.26. The molecule has 1 aromatic carbocycles. The Hall–Kier alpha value is -2.45. The fraction of sp³-hybridized carbons (Fsp3) is 0.267. The monoisotopic (exact) mass is 266 g/mol. The summed E-state index contributed by atoms with van der Waals surface area (Å²) in [5.41, 5.74) is 3.21. The largest absolute Gasteiger partial charge is 0.497 e. The molecule has 0 fully saturated rings. The summed E-state index contributed by atoms with van der Waals surface area (Å²) >= 11 is 0. The van der Waals surface area contributed by atoms with Gasteiger partial charge in [0.2, 0.25) is 0 Å². The molecule has 1 aliphatic heterocycles. The Morgan fingerprint density at radius 2 is 2.25 bits per heavy atom. The zero-order valence-electron chi connectivity index (χ0n) is 11.2. The minimum Gasteiger partial charge on any atom is -0.497 e. The van der Waals surface area contributed by atoms with Crippen molar-refractivity contribution in [3.8, 4) is 23.2 Å². The van der Waals surface area contributed by atoms with Crippen LogP contribution in [0.3, 0.4) is 0 Å². The highest BCUT2D eigenvalue weighted by molar-refractivity contribution is 5.59. The average Bonchev–Trinajstić information content (AvgIpc) is 2.53. The molecular formula is C15H14N4O. The molecule has 0 spiro atoms. The lowest BCUT2D eigenvalue weighted by atomic mass is 10.0. The molecule has 5 heteroatoms. The van der Waals surface area contributed by atoms with E-state index < -0.39 is 0 Å². The van der Waals surface area contributed by atoms with Gasteiger partial charge in [0.25, 0.3) is 0 Å². The van der Waals surface area contributed by atoms with Crippen LogP contribution in [0.15, 0.2) is 24.3 Å². The van der Waals surface area contributed by atoms with Crippen molar-refractivity contribution in [2.24, 2.45) is 0 Å². The molecular weight excluding hydrogens is 252 g/mol. The van der Waals surface area contributed by atoms with Crippen LogP contribution >= 0.6 is 0 Å². The van der Waals surface area contributed by atoms with Crippen LogP contribution in [0.2, 0.25) is 0 Å². The van der Waals surface area contributed by atoms with E-state index in [2.05, 4.69) is 21.4 Å². The molecule has 100 valence electrons. The van der Waals surface area contributed by atoms with Gasteiger partial charge in [0.05, 0.1) is 12.8 Å². The van der Waals surface area contributed by atoms with Gasteiger partial charge in [-0.1, -0.05) is 12.1 Å². The molecule has 0 aliphatic carbocycles. The zero-order chi connectivity index (χ0) is 13.9. The van der Waals surface area contributed by atoms with Crippen LogP contribution in [0.4, 0.5) is 0 Å². The molecule has 2 aromatic rings. The number of hydrogen-bond acceptors (Lipinski definition) is 5. The van der Waals surface area contributed by atoms with Crippen LogP contribution in [-0.2, 0) is 13.0 Å². The van der Waals surface area contributed by atoms with Crippen LogP contribution in [0.1, 0.15) is 17.0 Å². The number of rotatable bonds is 2. The third kappa shape index (κ3) is 2.22. The van der Waals surface area contributed by atoms with E-state index in [-0.39, 0.29) is 0 Å².